The van der Waals surface area contributed by atoms with Crippen LogP contribution in [0.15, 0.2) is 0 Å². The van der Waals surface area contributed by atoms with Crippen molar-refractivity contribution >= 4 is 10.0 Å². The zero-order chi connectivity index (χ0) is 11.4. The molecule has 0 spiro atoms. The van der Waals surface area contributed by atoms with Gasteiger partial charge in [-0.1, -0.05) is 0 Å². The van der Waals surface area contributed by atoms with Crippen molar-refractivity contribution in [2.75, 3.05) is 19.3 Å². The summed E-state index contributed by atoms with van der Waals surface area (Å²) in [5.74, 6) is 0.254. The number of sulfonamides is 1. The van der Waals surface area contributed by atoms with Crippen LogP contribution in [-0.4, -0.2) is 33.3 Å². The van der Waals surface area contributed by atoms with Crippen LogP contribution in [0.1, 0.15) is 39.0 Å². The van der Waals surface area contributed by atoms with Crippen LogP contribution >= 0.6 is 0 Å². The molecule has 15 heavy (non-hydrogen) atoms. The summed E-state index contributed by atoms with van der Waals surface area (Å²) in [6, 6.07) is 0. The van der Waals surface area contributed by atoms with Gasteiger partial charge in [-0.05, 0) is 52.6 Å². The first-order chi connectivity index (χ1) is 6.97. The van der Waals surface area contributed by atoms with E-state index in [0.29, 0.717) is 0 Å². The highest BCUT2D eigenvalue weighted by molar-refractivity contribution is 7.89. The summed E-state index contributed by atoms with van der Waals surface area (Å²) >= 11 is 0. The largest absolute Gasteiger partial charge is 0.320 e. The Balaban J connectivity index is 2.26. The van der Waals surface area contributed by atoms with Crippen molar-refractivity contribution in [1.82, 2.24) is 10.0 Å². The maximum Gasteiger partial charge on any atom is 0.212 e. The Morgan fingerprint density at radius 3 is 2.40 bits per heavy atom. The number of hydrogen-bond acceptors (Lipinski definition) is 3. The molecule has 0 amide bonds. The highest BCUT2D eigenvalue weighted by Crippen LogP contribution is 2.31. The van der Waals surface area contributed by atoms with Gasteiger partial charge in [0.15, 0.2) is 0 Å². The Bertz CT molecular complexity index is 284. The second-order valence-electron chi connectivity index (χ2n) is 4.65. The Morgan fingerprint density at radius 1 is 1.27 bits per heavy atom. The zero-order valence-electron chi connectivity index (χ0n) is 9.67. The molecule has 0 aromatic carbocycles. The van der Waals surface area contributed by atoms with Gasteiger partial charge in [-0.25, -0.2) is 13.1 Å². The van der Waals surface area contributed by atoms with Gasteiger partial charge >= 0.3 is 0 Å². The quantitative estimate of drug-likeness (QED) is 0.642. The van der Waals surface area contributed by atoms with Gasteiger partial charge in [-0.3, -0.25) is 0 Å². The number of nitrogens with one attached hydrogen (secondary N) is 2. The lowest BCUT2D eigenvalue weighted by Gasteiger charge is -2.38. The Hall–Kier alpha value is -0.130. The van der Waals surface area contributed by atoms with Gasteiger partial charge in [0.05, 0.1) is 5.75 Å². The molecule has 0 aromatic heterocycles. The molecule has 0 bridgehead atoms. The van der Waals surface area contributed by atoms with Crippen molar-refractivity contribution in [3.8, 4) is 0 Å². The molecule has 0 aromatic rings. The standard InChI is InChI=1S/C10H22N2O2S/c1-10(6-5-7-10)12-15(13,14)9-4-3-8-11-2/h11-12H,3-9H2,1-2H3. The molecule has 1 rings (SSSR count). The molecule has 1 aliphatic rings. The third kappa shape index (κ3) is 4.49. The molecular weight excluding hydrogens is 212 g/mol. The Morgan fingerprint density at radius 2 is 1.93 bits per heavy atom. The lowest BCUT2D eigenvalue weighted by Crippen LogP contribution is -2.51. The van der Waals surface area contributed by atoms with Crippen LogP contribution in [0.3, 0.4) is 0 Å². The molecule has 2 N–H and O–H groups in total. The van der Waals surface area contributed by atoms with Crippen molar-refractivity contribution in [3.63, 3.8) is 0 Å². The average molecular weight is 234 g/mol. The van der Waals surface area contributed by atoms with Crippen LogP contribution in [-0.2, 0) is 10.0 Å². The van der Waals surface area contributed by atoms with Crippen LogP contribution in [0, 0.1) is 0 Å². The smallest absolute Gasteiger partial charge is 0.212 e. The minimum Gasteiger partial charge on any atom is -0.320 e. The molecule has 1 saturated carbocycles. The minimum atomic E-state index is -3.06. The van der Waals surface area contributed by atoms with E-state index in [4.69, 9.17) is 0 Å². The molecule has 1 aliphatic carbocycles. The molecule has 5 heteroatoms. The van der Waals surface area contributed by atoms with E-state index in [1.807, 2.05) is 14.0 Å². The van der Waals surface area contributed by atoms with E-state index in [1.54, 1.807) is 0 Å². The fourth-order valence-electron chi connectivity index (χ4n) is 1.83. The van der Waals surface area contributed by atoms with Crippen LogP contribution in [0.25, 0.3) is 0 Å². The van der Waals surface area contributed by atoms with Crippen molar-refractivity contribution in [1.29, 1.82) is 0 Å². The van der Waals surface area contributed by atoms with Crippen LogP contribution < -0.4 is 10.0 Å². The third-order valence-electron chi connectivity index (χ3n) is 2.95. The first-order valence-corrected chi connectivity index (χ1v) is 7.29. The van der Waals surface area contributed by atoms with Gasteiger partial charge in [0.2, 0.25) is 10.0 Å². The van der Waals surface area contributed by atoms with Gasteiger partial charge in [0.1, 0.15) is 0 Å². The SMILES string of the molecule is CNCCCCS(=O)(=O)NC1(C)CCC1. The lowest BCUT2D eigenvalue weighted by atomic mass is 9.80. The fraction of sp³-hybridized carbons (Fsp3) is 1.00. The van der Waals surface area contributed by atoms with E-state index in [2.05, 4.69) is 10.0 Å². The molecule has 0 aliphatic heterocycles. The first kappa shape index (κ1) is 12.9. The molecule has 0 unspecified atom stereocenters. The maximum atomic E-state index is 11.7. The van der Waals surface area contributed by atoms with Crippen LogP contribution in [0.2, 0.25) is 0 Å². The highest BCUT2D eigenvalue weighted by Gasteiger charge is 2.35. The Kier molecular flexibility index (Phi) is 4.55. The van der Waals surface area contributed by atoms with Crippen LogP contribution in [0.4, 0.5) is 0 Å². The second kappa shape index (κ2) is 5.27. The van der Waals surface area contributed by atoms with E-state index >= 15 is 0 Å². The lowest BCUT2D eigenvalue weighted by molar-refractivity contribution is 0.248. The molecular formula is C10H22N2O2S. The zero-order valence-corrected chi connectivity index (χ0v) is 10.5. The summed E-state index contributed by atoms with van der Waals surface area (Å²) in [5.41, 5.74) is -0.151. The van der Waals surface area contributed by atoms with Gasteiger partial charge in [0.25, 0.3) is 0 Å². The van der Waals surface area contributed by atoms with Gasteiger partial charge < -0.3 is 5.32 Å². The number of rotatable bonds is 7. The summed E-state index contributed by atoms with van der Waals surface area (Å²) in [6.45, 7) is 2.87. The van der Waals surface area contributed by atoms with Gasteiger partial charge in [0, 0.05) is 5.54 Å². The molecule has 0 heterocycles. The summed E-state index contributed by atoms with van der Waals surface area (Å²) in [6.07, 6.45) is 4.73. The molecule has 0 radical (unpaired) electrons. The molecule has 0 atom stereocenters. The number of unbranched alkanes of at least 4 members (excludes halogenated alkanes) is 1. The third-order valence-corrected chi connectivity index (χ3v) is 4.58. The fourth-order valence-corrected chi connectivity index (χ4v) is 3.47. The van der Waals surface area contributed by atoms with Gasteiger partial charge in [-0.2, -0.15) is 0 Å². The predicted octanol–water partition coefficient (Wildman–Crippen LogP) is 0.848. The van der Waals surface area contributed by atoms with Crippen molar-refractivity contribution in [2.45, 2.75) is 44.6 Å². The molecule has 4 nitrogen and oxygen atoms in total. The normalized spacial score (nSPS) is 19.9. The minimum absolute atomic E-state index is 0.151. The summed E-state index contributed by atoms with van der Waals surface area (Å²) in [4.78, 5) is 0. The van der Waals surface area contributed by atoms with Crippen LogP contribution in [0.5, 0.6) is 0 Å². The van der Waals surface area contributed by atoms with E-state index in [1.165, 1.54) is 0 Å². The molecule has 0 saturated heterocycles. The summed E-state index contributed by atoms with van der Waals surface area (Å²) in [7, 11) is -1.18. The Labute approximate surface area is 92.9 Å². The van der Waals surface area contributed by atoms with E-state index in [-0.39, 0.29) is 11.3 Å². The van der Waals surface area contributed by atoms with Gasteiger partial charge in [-0.15, -0.1) is 0 Å². The molecule has 90 valence electrons. The maximum absolute atomic E-state index is 11.7. The average Bonchev–Trinajstić information content (AvgIpc) is 2.09. The van der Waals surface area contributed by atoms with Crippen molar-refractivity contribution in [3.05, 3.63) is 0 Å². The summed E-state index contributed by atoms with van der Waals surface area (Å²) < 4.78 is 26.1. The molecule has 1 fully saturated rings. The summed E-state index contributed by atoms with van der Waals surface area (Å²) in [5, 5.41) is 3.01. The first-order valence-electron chi connectivity index (χ1n) is 5.64. The number of hydrogen-bond donors (Lipinski definition) is 2. The van der Waals surface area contributed by atoms with E-state index in [0.717, 1.165) is 38.6 Å². The topological polar surface area (TPSA) is 58.2 Å². The monoisotopic (exact) mass is 234 g/mol. The van der Waals surface area contributed by atoms with E-state index < -0.39 is 10.0 Å². The predicted molar refractivity (Wildman–Crippen MR) is 62.3 cm³/mol. The van der Waals surface area contributed by atoms with Crippen molar-refractivity contribution in [2.24, 2.45) is 0 Å². The highest BCUT2D eigenvalue weighted by atomic mass is 32.2. The second-order valence-corrected chi connectivity index (χ2v) is 6.49. The van der Waals surface area contributed by atoms with E-state index in [9.17, 15) is 8.42 Å². The van der Waals surface area contributed by atoms with Crippen molar-refractivity contribution < 1.29 is 8.42 Å².